The molecule has 0 amide bonds. The number of aliphatic hydroxyl groups is 1. The summed E-state index contributed by atoms with van der Waals surface area (Å²) in [6, 6.07) is 6.53. The monoisotopic (exact) mass is 263 g/mol. The van der Waals surface area contributed by atoms with E-state index in [-0.39, 0.29) is 0 Å². The minimum absolute atomic E-state index is 0.508. The lowest BCUT2D eigenvalue weighted by Gasteiger charge is -2.39. The smallest absolute Gasteiger partial charge is 0.126 e. The van der Waals surface area contributed by atoms with Gasteiger partial charge in [0.05, 0.1) is 13.2 Å². The van der Waals surface area contributed by atoms with E-state index in [4.69, 9.17) is 4.74 Å². The third-order valence-electron chi connectivity index (χ3n) is 4.13. The first-order chi connectivity index (χ1) is 9.04. The Hall–Kier alpha value is -1.22. The van der Waals surface area contributed by atoms with Crippen molar-refractivity contribution in [3.8, 4) is 5.75 Å². The molecular formula is C16H25NO2. The average molecular weight is 263 g/mol. The van der Waals surface area contributed by atoms with Gasteiger partial charge in [0.15, 0.2) is 0 Å². The second-order valence-corrected chi connectivity index (χ2v) is 5.74. The van der Waals surface area contributed by atoms with E-state index in [0.717, 1.165) is 29.5 Å². The Morgan fingerprint density at radius 2 is 2.11 bits per heavy atom. The third kappa shape index (κ3) is 2.86. The van der Waals surface area contributed by atoms with Gasteiger partial charge in [0.2, 0.25) is 0 Å². The van der Waals surface area contributed by atoms with Crippen LogP contribution in [0, 0.1) is 5.92 Å². The summed E-state index contributed by atoms with van der Waals surface area (Å²) in [4.78, 5) is 2.41. The molecule has 1 N–H and O–H groups in total. The molecule has 1 aromatic carbocycles. The minimum atomic E-state index is -0.516. The number of ether oxygens (including phenoxy) is 1. The molecule has 1 saturated heterocycles. The molecule has 0 aliphatic carbocycles. The third-order valence-corrected chi connectivity index (χ3v) is 4.13. The Morgan fingerprint density at radius 3 is 2.68 bits per heavy atom. The van der Waals surface area contributed by atoms with Gasteiger partial charge in [-0.25, -0.2) is 0 Å². The maximum Gasteiger partial charge on any atom is 0.126 e. The fourth-order valence-electron chi connectivity index (χ4n) is 3.15. The Bertz CT molecular complexity index is 431. The molecule has 2 rings (SSSR count). The van der Waals surface area contributed by atoms with E-state index in [0.29, 0.717) is 6.04 Å². The van der Waals surface area contributed by atoms with Gasteiger partial charge in [0.25, 0.3) is 0 Å². The predicted octanol–water partition coefficient (Wildman–Crippen LogP) is 3.37. The maximum atomic E-state index is 10.1. The molecule has 0 radical (unpaired) electrons. The molecule has 3 atom stereocenters. The van der Waals surface area contributed by atoms with Crippen molar-refractivity contribution in [1.82, 2.24) is 0 Å². The van der Waals surface area contributed by atoms with Gasteiger partial charge in [-0.1, -0.05) is 13.0 Å². The first kappa shape index (κ1) is 14.2. The summed E-state index contributed by atoms with van der Waals surface area (Å²) >= 11 is 0. The van der Waals surface area contributed by atoms with Gasteiger partial charge in [0.1, 0.15) is 5.75 Å². The van der Waals surface area contributed by atoms with Gasteiger partial charge in [-0.2, -0.15) is 0 Å². The quantitative estimate of drug-likeness (QED) is 0.907. The van der Waals surface area contributed by atoms with Crippen LogP contribution in [0.1, 0.15) is 45.3 Å². The van der Waals surface area contributed by atoms with E-state index in [1.165, 1.54) is 12.8 Å². The highest BCUT2D eigenvalue weighted by atomic mass is 16.5. The zero-order chi connectivity index (χ0) is 14.0. The van der Waals surface area contributed by atoms with Crippen LogP contribution in [0.25, 0.3) is 0 Å². The highest BCUT2D eigenvalue weighted by molar-refractivity contribution is 5.61. The SMILES string of the molecule is COc1cccc(N2CCC(C)CC2C)c1[C@H](C)O. The van der Waals surface area contributed by atoms with Gasteiger partial charge >= 0.3 is 0 Å². The normalized spacial score (nSPS) is 25.2. The molecule has 19 heavy (non-hydrogen) atoms. The van der Waals surface area contributed by atoms with Crippen molar-refractivity contribution in [3.63, 3.8) is 0 Å². The van der Waals surface area contributed by atoms with E-state index in [2.05, 4.69) is 24.8 Å². The van der Waals surface area contributed by atoms with Gasteiger partial charge in [-0.05, 0) is 44.7 Å². The Labute approximate surface area is 116 Å². The summed E-state index contributed by atoms with van der Waals surface area (Å²) < 4.78 is 5.41. The van der Waals surface area contributed by atoms with Crippen LogP contribution >= 0.6 is 0 Å². The van der Waals surface area contributed by atoms with Crippen LogP contribution in [-0.4, -0.2) is 24.8 Å². The lowest BCUT2D eigenvalue weighted by molar-refractivity contribution is 0.194. The van der Waals surface area contributed by atoms with Crippen molar-refractivity contribution in [2.45, 2.75) is 45.8 Å². The molecule has 2 unspecified atom stereocenters. The number of hydrogen-bond acceptors (Lipinski definition) is 3. The van der Waals surface area contributed by atoms with Crippen molar-refractivity contribution in [2.24, 2.45) is 5.92 Å². The molecule has 0 spiro atoms. The summed E-state index contributed by atoms with van der Waals surface area (Å²) in [7, 11) is 1.66. The van der Waals surface area contributed by atoms with Crippen LogP contribution in [0.5, 0.6) is 5.75 Å². The highest BCUT2D eigenvalue weighted by Gasteiger charge is 2.26. The number of methoxy groups -OCH3 is 1. The number of nitrogens with zero attached hydrogens (tertiary/aromatic N) is 1. The van der Waals surface area contributed by atoms with E-state index in [1.807, 2.05) is 12.1 Å². The second kappa shape index (κ2) is 5.83. The molecule has 1 aromatic rings. The first-order valence-electron chi connectivity index (χ1n) is 7.16. The number of piperidine rings is 1. The average Bonchev–Trinajstić information content (AvgIpc) is 2.37. The van der Waals surface area contributed by atoms with E-state index >= 15 is 0 Å². The highest BCUT2D eigenvalue weighted by Crippen LogP contribution is 2.37. The van der Waals surface area contributed by atoms with Crippen LogP contribution in [-0.2, 0) is 0 Å². The molecule has 3 heteroatoms. The lowest BCUT2D eigenvalue weighted by Crippen LogP contribution is -2.40. The van der Waals surface area contributed by atoms with Crippen molar-refractivity contribution < 1.29 is 9.84 Å². The fraction of sp³-hybridized carbons (Fsp3) is 0.625. The Balaban J connectivity index is 2.38. The van der Waals surface area contributed by atoms with Crippen molar-refractivity contribution >= 4 is 5.69 Å². The molecule has 3 nitrogen and oxygen atoms in total. The largest absolute Gasteiger partial charge is 0.496 e. The zero-order valence-electron chi connectivity index (χ0n) is 12.4. The fourth-order valence-corrected chi connectivity index (χ4v) is 3.15. The van der Waals surface area contributed by atoms with Crippen LogP contribution in [0.15, 0.2) is 18.2 Å². The second-order valence-electron chi connectivity index (χ2n) is 5.74. The maximum absolute atomic E-state index is 10.1. The van der Waals surface area contributed by atoms with Gasteiger partial charge in [0, 0.05) is 23.8 Å². The summed E-state index contributed by atoms with van der Waals surface area (Å²) in [6.07, 6.45) is 1.90. The summed E-state index contributed by atoms with van der Waals surface area (Å²) in [5, 5.41) is 10.1. The van der Waals surface area contributed by atoms with Gasteiger partial charge in [-0.15, -0.1) is 0 Å². The number of hydrogen-bond donors (Lipinski definition) is 1. The van der Waals surface area contributed by atoms with E-state index in [9.17, 15) is 5.11 Å². The van der Waals surface area contributed by atoms with Crippen LogP contribution < -0.4 is 9.64 Å². The van der Waals surface area contributed by atoms with E-state index < -0.39 is 6.10 Å². The summed E-state index contributed by atoms with van der Waals surface area (Å²) in [5.41, 5.74) is 2.03. The number of rotatable bonds is 3. The lowest BCUT2D eigenvalue weighted by atomic mass is 9.92. The molecule has 0 saturated carbocycles. The molecular weight excluding hydrogens is 238 g/mol. The Morgan fingerprint density at radius 1 is 1.37 bits per heavy atom. The molecule has 1 fully saturated rings. The summed E-state index contributed by atoms with van der Waals surface area (Å²) in [6.45, 7) is 7.43. The summed E-state index contributed by atoms with van der Waals surface area (Å²) in [5.74, 6) is 1.56. The standard InChI is InChI=1S/C16H25NO2/c1-11-8-9-17(12(2)10-11)14-6-5-7-15(19-4)16(14)13(3)18/h5-7,11-13,18H,8-10H2,1-4H3/t11?,12?,13-/m0/s1. The predicted molar refractivity (Wildman–Crippen MR) is 78.8 cm³/mol. The number of anilines is 1. The first-order valence-corrected chi connectivity index (χ1v) is 7.16. The molecule has 1 aliphatic heterocycles. The number of benzene rings is 1. The van der Waals surface area contributed by atoms with Crippen LogP contribution in [0.4, 0.5) is 5.69 Å². The van der Waals surface area contributed by atoms with Crippen molar-refractivity contribution in [1.29, 1.82) is 0 Å². The number of aliphatic hydroxyl groups excluding tert-OH is 1. The Kier molecular flexibility index (Phi) is 4.35. The zero-order valence-corrected chi connectivity index (χ0v) is 12.4. The minimum Gasteiger partial charge on any atom is -0.496 e. The van der Waals surface area contributed by atoms with Gasteiger partial charge < -0.3 is 14.7 Å². The topological polar surface area (TPSA) is 32.7 Å². The molecule has 0 bridgehead atoms. The molecule has 1 heterocycles. The van der Waals surface area contributed by atoms with Crippen molar-refractivity contribution in [3.05, 3.63) is 23.8 Å². The van der Waals surface area contributed by atoms with Gasteiger partial charge in [-0.3, -0.25) is 0 Å². The van der Waals surface area contributed by atoms with E-state index in [1.54, 1.807) is 14.0 Å². The van der Waals surface area contributed by atoms with Crippen LogP contribution in [0.2, 0.25) is 0 Å². The molecule has 0 aromatic heterocycles. The molecule has 106 valence electrons. The van der Waals surface area contributed by atoms with Crippen molar-refractivity contribution in [2.75, 3.05) is 18.6 Å². The van der Waals surface area contributed by atoms with Crippen LogP contribution in [0.3, 0.4) is 0 Å². The molecule has 1 aliphatic rings.